The second-order valence-electron chi connectivity index (χ2n) is 7.65. The van der Waals surface area contributed by atoms with E-state index in [1.807, 2.05) is 30.5 Å². The van der Waals surface area contributed by atoms with Gasteiger partial charge in [-0.2, -0.15) is 0 Å². The van der Waals surface area contributed by atoms with Crippen LogP contribution in [0.1, 0.15) is 28.5 Å². The highest BCUT2D eigenvalue weighted by Crippen LogP contribution is 2.22. The van der Waals surface area contributed by atoms with Gasteiger partial charge in [0.05, 0.1) is 19.4 Å². The predicted molar refractivity (Wildman–Crippen MR) is 115 cm³/mol. The molecule has 0 N–H and O–H groups in total. The molecule has 1 aromatic heterocycles. The summed E-state index contributed by atoms with van der Waals surface area (Å²) in [5.41, 5.74) is 4.45. The van der Waals surface area contributed by atoms with Crippen molar-refractivity contribution in [2.45, 2.75) is 18.9 Å². The zero-order valence-electron chi connectivity index (χ0n) is 17.3. The molecular weight excluding hydrogens is 379 g/mol. The minimum absolute atomic E-state index is 0.00510. The molecule has 1 atom stereocenters. The summed E-state index contributed by atoms with van der Waals surface area (Å²) >= 11 is 0. The quantitative estimate of drug-likeness (QED) is 0.581. The van der Waals surface area contributed by atoms with E-state index in [0.717, 1.165) is 55.0 Å². The van der Waals surface area contributed by atoms with Crippen LogP contribution in [0.3, 0.4) is 0 Å². The zero-order chi connectivity index (χ0) is 20.8. The molecular formula is C25H27FN2O2. The molecule has 2 aromatic carbocycles. The molecule has 0 unspecified atom stereocenters. The molecule has 1 aliphatic rings. The van der Waals surface area contributed by atoms with Crippen molar-refractivity contribution in [3.63, 3.8) is 0 Å². The minimum atomic E-state index is -0.210. The van der Waals surface area contributed by atoms with E-state index in [2.05, 4.69) is 34.1 Å². The van der Waals surface area contributed by atoms with E-state index in [1.54, 1.807) is 7.11 Å². The van der Waals surface area contributed by atoms with E-state index < -0.39 is 0 Å². The van der Waals surface area contributed by atoms with Gasteiger partial charge in [0.1, 0.15) is 17.7 Å². The molecule has 5 heteroatoms. The number of halogens is 1. The van der Waals surface area contributed by atoms with Gasteiger partial charge in [-0.25, -0.2) is 4.39 Å². The predicted octanol–water partition coefficient (Wildman–Crippen LogP) is 4.44. The Morgan fingerprint density at radius 2 is 1.73 bits per heavy atom. The summed E-state index contributed by atoms with van der Waals surface area (Å²) in [5.74, 6) is 0.678. The van der Waals surface area contributed by atoms with Crippen molar-refractivity contribution in [1.29, 1.82) is 0 Å². The average Bonchev–Trinajstić information content (AvgIpc) is 2.80. The Bertz CT molecular complexity index is 927. The molecule has 0 saturated carbocycles. The van der Waals surface area contributed by atoms with Crippen molar-refractivity contribution in [2.24, 2.45) is 0 Å². The molecule has 1 aliphatic heterocycles. The van der Waals surface area contributed by atoms with Crippen molar-refractivity contribution in [1.82, 2.24) is 9.88 Å². The molecule has 0 amide bonds. The highest BCUT2D eigenvalue weighted by atomic mass is 19.1. The Morgan fingerprint density at radius 3 is 2.43 bits per heavy atom. The van der Waals surface area contributed by atoms with Gasteiger partial charge >= 0.3 is 0 Å². The lowest BCUT2D eigenvalue weighted by molar-refractivity contribution is -0.0316. The third kappa shape index (κ3) is 5.43. The summed E-state index contributed by atoms with van der Waals surface area (Å²) in [7, 11) is 1.69. The van der Waals surface area contributed by atoms with Gasteiger partial charge in [0.25, 0.3) is 0 Å². The zero-order valence-corrected chi connectivity index (χ0v) is 17.3. The molecule has 0 aliphatic carbocycles. The van der Waals surface area contributed by atoms with E-state index >= 15 is 0 Å². The maximum atomic E-state index is 13.1. The first-order valence-corrected chi connectivity index (χ1v) is 10.4. The first kappa shape index (κ1) is 20.5. The van der Waals surface area contributed by atoms with Gasteiger partial charge in [0.2, 0.25) is 0 Å². The summed E-state index contributed by atoms with van der Waals surface area (Å²) in [6, 6.07) is 19.0. The molecule has 0 bridgehead atoms. The smallest absolute Gasteiger partial charge is 0.123 e. The van der Waals surface area contributed by atoms with Gasteiger partial charge < -0.3 is 9.47 Å². The number of rotatable bonds is 7. The minimum Gasteiger partial charge on any atom is -0.497 e. The van der Waals surface area contributed by atoms with E-state index in [-0.39, 0.29) is 11.9 Å². The molecule has 1 fully saturated rings. The Kier molecular flexibility index (Phi) is 6.72. The van der Waals surface area contributed by atoms with Gasteiger partial charge in [0, 0.05) is 25.8 Å². The van der Waals surface area contributed by atoms with E-state index in [0.29, 0.717) is 6.61 Å². The molecule has 4 rings (SSSR count). The number of aromatic nitrogens is 1. The third-order valence-electron chi connectivity index (χ3n) is 5.53. The number of pyridine rings is 1. The van der Waals surface area contributed by atoms with E-state index in [1.165, 1.54) is 17.7 Å². The van der Waals surface area contributed by atoms with Crippen LogP contribution in [0.4, 0.5) is 4.39 Å². The summed E-state index contributed by atoms with van der Waals surface area (Å²) in [6.45, 7) is 3.50. The first-order valence-electron chi connectivity index (χ1n) is 10.4. The maximum Gasteiger partial charge on any atom is 0.123 e. The average molecular weight is 407 g/mol. The number of hydrogen-bond donors (Lipinski definition) is 0. The van der Waals surface area contributed by atoms with Crippen LogP contribution < -0.4 is 4.74 Å². The summed E-state index contributed by atoms with van der Waals surface area (Å²) in [5, 5.41) is 0. The Hall–Kier alpha value is -2.76. The van der Waals surface area contributed by atoms with Crippen LogP contribution in [0.2, 0.25) is 0 Å². The monoisotopic (exact) mass is 406 g/mol. The molecule has 30 heavy (non-hydrogen) atoms. The number of hydrogen-bond acceptors (Lipinski definition) is 4. The molecule has 3 aromatic rings. The summed E-state index contributed by atoms with van der Waals surface area (Å²) < 4.78 is 24.3. The molecule has 4 nitrogen and oxygen atoms in total. The number of methoxy groups -OCH3 is 1. The Balaban J connectivity index is 1.31. The van der Waals surface area contributed by atoms with Crippen LogP contribution in [0.25, 0.3) is 0 Å². The number of morpholine rings is 1. The van der Waals surface area contributed by atoms with E-state index in [4.69, 9.17) is 9.47 Å². The molecule has 156 valence electrons. The molecule has 0 spiro atoms. The van der Waals surface area contributed by atoms with Crippen LogP contribution in [0.15, 0.2) is 66.9 Å². The highest BCUT2D eigenvalue weighted by Gasteiger charge is 2.22. The fraction of sp³-hybridized carbons (Fsp3) is 0.320. The van der Waals surface area contributed by atoms with Crippen LogP contribution in [0.5, 0.6) is 5.75 Å². The maximum absolute atomic E-state index is 13.1. The van der Waals surface area contributed by atoms with Crippen LogP contribution in [0, 0.1) is 5.82 Å². The van der Waals surface area contributed by atoms with E-state index in [9.17, 15) is 4.39 Å². The number of nitrogens with zero attached hydrogens (tertiary/aromatic N) is 2. The lowest BCUT2D eigenvalue weighted by Gasteiger charge is -2.32. The van der Waals surface area contributed by atoms with Gasteiger partial charge in [-0.15, -0.1) is 0 Å². The van der Waals surface area contributed by atoms with Crippen LogP contribution in [-0.2, 0) is 17.6 Å². The number of benzene rings is 2. The van der Waals surface area contributed by atoms with Gasteiger partial charge in [-0.1, -0.05) is 30.3 Å². The fourth-order valence-corrected chi connectivity index (χ4v) is 3.73. The SMILES string of the molecule is COc1ccc(CCN2CCO[C@@H](c3ccc(Cc4ccc(F)cc4)cn3)C2)cc1. The lowest BCUT2D eigenvalue weighted by Crippen LogP contribution is -2.39. The second kappa shape index (κ2) is 9.83. The summed E-state index contributed by atoms with van der Waals surface area (Å²) in [6.07, 6.45) is 3.64. The topological polar surface area (TPSA) is 34.6 Å². The highest BCUT2D eigenvalue weighted by molar-refractivity contribution is 5.28. The normalized spacial score (nSPS) is 17.1. The van der Waals surface area contributed by atoms with Crippen molar-refractivity contribution < 1.29 is 13.9 Å². The standard InChI is InChI=1S/C25H27FN2O2/c1-29-23-9-4-19(5-10-23)12-13-28-14-15-30-25(18-28)24-11-6-21(17-27-24)16-20-2-7-22(26)8-3-20/h2-11,17,25H,12-16,18H2,1H3/t25-/m1/s1. The third-order valence-corrected chi connectivity index (χ3v) is 5.53. The Morgan fingerprint density at radius 1 is 1.00 bits per heavy atom. The van der Waals surface area contributed by atoms with Gasteiger partial charge in [-0.05, 0) is 59.9 Å². The van der Waals surface area contributed by atoms with Crippen molar-refractivity contribution in [2.75, 3.05) is 33.4 Å². The van der Waals surface area contributed by atoms with Crippen molar-refractivity contribution >= 4 is 0 Å². The van der Waals surface area contributed by atoms with Crippen LogP contribution >= 0.6 is 0 Å². The van der Waals surface area contributed by atoms with Gasteiger partial charge in [-0.3, -0.25) is 9.88 Å². The number of ether oxygens (including phenoxy) is 2. The molecule has 0 radical (unpaired) electrons. The van der Waals surface area contributed by atoms with Crippen molar-refractivity contribution in [3.8, 4) is 5.75 Å². The lowest BCUT2D eigenvalue weighted by atomic mass is 10.1. The first-order chi connectivity index (χ1) is 14.7. The molecule has 1 saturated heterocycles. The van der Waals surface area contributed by atoms with Crippen molar-refractivity contribution in [3.05, 3.63) is 95.1 Å². The molecule has 2 heterocycles. The Labute approximate surface area is 177 Å². The second-order valence-corrected chi connectivity index (χ2v) is 7.65. The summed E-state index contributed by atoms with van der Waals surface area (Å²) in [4.78, 5) is 7.09. The van der Waals surface area contributed by atoms with Gasteiger partial charge in [0.15, 0.2) is 0 Å². The fourth-order valence-electron chi connectivity index (χ4n) is 3.73. The van der Waals surface area contributed by atoms with Crippen LogP contribution in [-0.4, -0.2) is 43.2 Å². The largest absolute Gasteiger partial charge is 0.497 e.